The fraction of sp³-hybridized carbons (Fsp3) is 0.375. The summed E-state index contributed by atoms with van der Waals surface area (Å²) in [6.45, 7) is 6.49. The summed E-state index contributed by atoms with van der Waals surface area (Å²) in [5, 5.41) is 0. The van der Waals surface area contributed by atoms with Gasteiger partial charge in [-0.2, -0.15) is 0 Å². The van der Waals surface area contributed by atoms with E-state index in [1.54, 1.807) is 0 Å². The van der Waals surface area contributed by atoms with Gasteiger partial charge in [0.05, 0.1) is 13.1 Å². The zero-order chi connectivity index (χ0) is 13.6. The Kier molecular flexibility index (Phi) is 4.63. The van der Waals surface area contributed by atoms with Crippen molar-refractivity contribution in [1.29, 1.82) is 0 Å². The van der Waals surface area contributed by atoms with Crippen LogP contribution in [0.5, 0.6) is 0 Å². The van der Waals surface area contributed by atoms with E-state index >= 15 is 0 Å². The fourth-order valence-electron chi connectivity index (χ4n) is 2.66. The summed E-state index contributed by atoms with van der Waals surface area (Å²) >= 11 is 0. The lowest BCUT2D eigenvalue weighted by Gasteiger charge is -2.34. The molecule has 0 atom stereocenters. The van der Waals surface area contributed by atoms with Gasteiger partial charge in [-0.15, -0.1) is 0 Å². The van der Waals surface area contributed by atoms with Crippen molar-refractivity contribution >= 4 is 11.6 Å². The highest BCUT2D eigenvalue weighted by atomic mass is 15.4. The van der Waals surface area contributed by atoms with E-state index in [2.05, 4.69) is 48.1 Å². The number of rotatable bonds is 6. The quantitative estimate of drug-likeness (QED) is 0.732. The molecule has 0 spiro atoms. The maximum atomic E-state index is 4.60. The minimum atomic E-state index is 0.745. The van der Waals surface area contributed by atoms with Crippen LogP contribution in [0.2, 0.25) is 0 Å². The lowest BCUT2D eigenvalue weighted by molar-refractivity contribution is 0.363. The summed E-state index contributed by atoms with van der Waals surface area (Å²) in [4.78, 5) is 9.19. The first-order valence-corrected chi connectivity index (χ1v) is 7.03. The molecule has 100 valence electrons. The van der Waals surface area contributed by atoms with E-state index in [0.717, 1.165) is 42.0 Å². The highest BCUT2D eigenvalue weighted by Gasteiger charge is 2.34. The second-order valence-electron chi connectivity index (χ2n) is 4.79. The number of nitrogens with zero attached hydrogens (tertiary/aromatic N) is 3. The minimum Gasteiger partial charge on any atom is -0.226 e. The molecule has 0 amide bonds. The highest BCUT2D eigenvalue weighted by Crippen LogP contribution is 2.31. The second-order valence-corrected chi connectivity index (χ2v) is 4.79. The van der Waals surface area contributed by atoms with Crippen LogP contribution in [0.4, 0.5) is 11.6 Å². The first-order chi connectivity index (χ1) is 9.33. The summed E-state index contributed by atoms with van der Waals surface area (Å²) in [5.74, 6) is 2.18. The molecule has 0 N–H and O–H groups in total. The molecule has 0 unspecified atom stereocenters. The van der Waals surface area contributed by atoms with Gasteiger partial charge in [0.15, 0.2) is 0 Å². The smallest absolute Gasteiger partial charge is 0.226 e. The summed E-state index contributed by atoms with van der Waals surface area (Å²) < 4.78 is 0.745. The lowest BCUT2D eigenvalue weighted by atomic mass is 10.2. The molecule has 2 aromatic rings. The molecule has 0 aliphatic carbocycles. The lowest BCUT2D eigenvalue weighted by Crippen LogP contribution is -2.46. The van der Waals surface area contributed by atoms with E-state index in [1.807, 2.05) is 24.5 Å². The van der Waals surface area contributed by atoms with Crippen molar-refractivity contribution in [3.63, 3.8) is 0 Å². The third-order valence-electron chi connectivity index (χ3n) is 3.39. The third kappa shape index (κ3) is 2.82. The van der Waals surface area contributed by atoms with Gasteiger partial charge in [-0.05, 0) is 25.0 Å². The molecule has 2 aromatic heterocycles. The molecule has 0 aromatic carbocycles. The van der Waals surface area contributed by atoms with E-state index in [0.29, 0.717) is 0 Å². The molecule has 0 saturated heterocycles. The van der Waals surface area contributed by atoms with Crippen LogP contribution < -0.4 is 4.48 Å². The van der Waals surface area contributed by atoms with Gasteiger partial charge in [0, 0.05) is 24.5 Å². The average molecular weight is 256 g/mol. The number of hydrogen-bond donors (Lipinski definition) is 0. The standard InChI is InChI=1S/C16H22N3/c1-3-13-19(14-4-2,15-9-5-7-11-17-15)16-10-6-8-12-18-16/h5-12H,3-4,13-14H2,1-2H3/q+1. The molecule has 0 aliphatic heterocycles. The fourth-order valence-corrected chi connectivity index (χ4v) is 2.66. The molecular formula is C16H22N3+. The maximum Gasteiger partial charge on any atom is 0.233 e. The van der Waals surface area contributed by atoms with Gasteiger partial charge in [-0.3, -0.25) is 0 Å². The van der Waals surface area contributed by atoms with Crippen molar-refractivity contribution in [2.24, 2.45) is 0 Å². The molecule has 0 fully saturated rings. The number of pyridine rings is 2. The van der Waals surface area contributed by atoms with E-state index < -0.39 is 0 Å². The Labute approximate surface area is 115 Å². The largest absolute Gasteiger partial charge is 0.233 e. The van der Waals surface area contributed by atoms with E-state index in [1.165, 1.54) is 0 Å². The van der Waals surface area contributed by atoms with E-state index in [-0.39, 0.29) is 0 Å². The van der Waals surface area contributed by atoms with Crippen molar-refractivity contribution in [3.8, 4) is 0 Å². The van der Waals surface area contributed by atoms with Gasteiger partial charge in [0.25, 0.3) is 0 Å². The molecule has 2 rings (SSSR count). The Morgan fingerprint density at radius 2 is 1.26 bits per heavy atom. The van der Waals surface area contributed by atoms with Crippen molar-refractivity contribution < 1.29 is 0 Å². The normalized spacial score (nSPS) is 11.5. The average Bonchev–Trinajstić information content (AvgIpc) is 2.49. The SMILES string of the molecule is CCC[N+](CCC)(c1ccccn1)c1ccccn1. The Morgan fingerprint density at radius 3 is 1.58 bits per heavy atom. The van der Waals surface area contributed by atoms with Gasteiger partial charge >= 0.3 is 0 Å². The third-order valence-corrected chi connectivity index (χ3v) is 3.39. The van der Waals surface area contributed by atoms with Crippen LogP contribution >= 0.6 is 0 Å². The van der Waals surface area contributed by atoms with Crippen LogP contribution in [0, 0.1) is 0 Å². The topological polar surface area (TPSA) is 25.8 Å². The second kappa shape index (κ2) is 6.43. The van der Waals surface area contributed by atoms with E-state index in [9.17, 15) is 0 Å². The Hall–Kier alpha value is -1.74. The molecule has 19 heavy (non-hydrogen) atoms. The number of aromatic nitrogens is 2. The van der Waals surface area contributed by atoms with Gasteiger partial charge in [0.2, 0.25) is 11.6 Å². The number of hydrogen-bond acceptors (Lipinski definition) is 2. The molecular weight excluding hydrogens is 234 g/mol. The van der Waals surface area contributed by atoms with Gasteiger partial charge in [0.1, 0.15) is 0 Å². The first kappa shape index (κ1) is 13.7. The van der Waals surface area contributed by atoms with Crippen molar-refractivity contribution in [3.05, 3.63) is 48.8 Å². The molecule has 3 heteroatoms. The molecule has 3 nitrogen and oxygen atoms in total. The predicted octanol–water partition coefficient (Wildman–Crippen LogP) is 3.94. The Bertz CT molecular complexity index is 434. The molecule has 2 heterocycles. The van der Waals surface area contributed by atoms with E-state index in [4.69, 9.17) is 0 Å². The molecule has 0 aliphatic rings. The van der Waals surface area contributed by atoms with Crippen LogP contribution in [-0.4, -0.2) is 23.1 Å². The highest BCUT2D eigenvalue weighted by molar-refractivity contribution is 5.50. The van der Waals surface area contributed by atoms with Crippen LogP contribution in [0.1, 0.15) is 26.7 Å². The minimum absolute atomic E-state index is 0.745. The Balaban J connectivity index is 2.54. The van der Waals surface area contributed by atoms with Gasteiger partial charge in [-0.25, -0.2) is 14.5 Å². The van der Waals surface area contributed by atoms with Crippen LogP contribution in [0.25, 0.3) is 0 Å². The summed E-state index contributed by atoms with van der Waals surface area (Å²) in [5.41, 5.74) is 0. The van der Waals surface area contributed by atoms with Crippen LogP contribution in [0.3, 0.4) is 0 Å². The van der Waals surface area contributed by atoms with Crippen LogP contribution in [-0.2, 0) is 0 Å². The van der Waals surface area contributed by atoms with Crippen molar-refractivity contribution in [1.82, 2.24) is 14.5 Å². The zero-order valence-electron chi connectivity index (χ0n) is 11.8. The van der Waals surface area contributed by atoms with Crippen molar-refractivity contribution in [2.75, 3.05) is 13.1 Å². The maximum absolute atomic E-state index is 4.60. The molecule has 0 radical (unpaired) electrons. The zero-order valence-corrected chi connectivity index (χ0v) is 11.8. The monoisotopic (exact) mass is 256 g/mol. The van der Waals surface area contributed by atoms with Gasteiger partial charge in [-0.1, -0.05) is 26.0 Å². The first-order valence-electron chi connectivity index (χ1n) is 7.03. The molecule has 0 bridgehead atoms. The van der Waals surface area contributed by atoms with Gasteiger partial charge < -0.3 is 0 Å². The summed E-state index contributed by atoms with van der Waals surface area (Å²) in [6.07, 6.45) is 5.95. The van der Waals surface area contributed by atoms with Crippen LogP contribution in [0.15, 0.2) is 48.8 Å². The summed E-state index contributed by atoms with van der Waals surface area (Å²) in [6, 6.07) is 12.3. The summed E-state index contributed by atoms with van der Waals surface area (Å²) in [7, 11) is 0. The number of quaternary nitrogens is 1. The van der Waals surface area contributed by atoms with Crippen molar-refractivity contribution in [2.45, 2.75) is 26.7 Å². The molecule has 0 saturated carbocycles. The predicted molar refractivity (Wildman–Crippen MR) is 80.2 cm³/mol. The Morgan fingerprint density at radius 1 is 0.789 bits per heavy atom.